The van der Waals surface area contributed by atoms with Gasteiger partial charge in [0.1, 0.15) is 0 Å². The SMILES string of the molecule is CC1CC(C)CN(c2ccc(NC(=O)c3ccc(NS(=O)(=O)C(C)(C)C)cc3)cc2)C1. The zero-order valence-electron chi connectivity index (χ0n) is 19.0. The largest absolute Gasteiger partial charge is 0.371 e. The predicted octanol–water partition coefficient (Wildman–Crippen LogP) is 4.96. The summed E-state index contributed by atoms with van der Waals surface area (Å²) in [4.78, 5) is 15.0. The van der Waals surface area contributed by atoms with Gasteiger partial charge in [-0.3, -0.25) is 9.52 Å². The van der Waals surface area contributed by atoms with Crippen molar-refractivity contribution < 1.29 is 13.2 Å². The summed E-state index contributed by atoms with van der Waals surface area (Å²) in [7, 11) is -3.51. The van der Waals surface area contributed by atoms with Crippen molar-refractivity contribution in [3.05, 3.63) is 54.1 Å². The van der Waals surface area contributed by atoms with Crippen LogP contribution in [0.4, 0.5) is 17.1 Å². The Morgan fingerprint density at radius 1 is 0.903 bits per heavy atom. The predicted molar refractivity (Wildman–Crippen MR) is 128 cm³/mol. The molecule has 1 aliphatic rings. The first kappa shape index (κ1) is 23.1. The molecule has 7 heteroatoms. The van der Waals surface area contributed by atoms with Gasteiger partial charge in [-0.25, -0.2) is 8.42 Å². The maximum absolute atomic E-state index is 12.6. The number of piperidine rings is 1. The average molecular weight is 444 g/mol. The molecule has 1 aliphatic heterocycles. The minimum absolute atomic E-state index is 0.238. The van der Waals surface area contributed by atoms with E-state index >= 15 is 0 Å². The molecule has 31 heavy (non-hydrogen) atoms. The van der Waals surface area contributed by atoms with Crippen molar-refractivity contribution in [3.63, 3.8) is 0 Å². The minimum Gasteiger partial charge on any atom is -0.371 e. The normalized spacial score (nSPS) is 19.7. The summed E-state index contributed by atoms with van der Waals surface area (Å²) in [5.74, 6) is 1.12. The summed E-state index contributed by atoms with van der Waals surface area (Å²) in [6.45, 7) is 11.6. The number of nitrogens with one attached hydrogen (secondary N) is 2. The standard InChI is InChI=1S/C24H33N3O3S/c1-17-14-18(2)16-27(15-17)22-12-10-20(11-13-22)25-23(28)19-6-8-21(9-7-19)26-31(29,30)24(3,4)5/h6-13,17-18,26H,14-16H2,1-5H3,(H,25,28). The number of rotatable bonds is 5. The second kappa shape index (κ2) is 8.91. The number of hydrogen-bond donors (Lipinski definition) is 2. The number of nitrogens with zero attached hydrogens (tertiary/aromatic N) is 1. The van der Waals surface area contributed by atoms with E-state index in [9.17, 15) is 13.2 Å². The topological polar surface area (TPSA) is 78.5 Å². The molecular formula is C24H33N3O3S. The molecule has 1 amide bonds. The van der Waals surface area contributed by atoms with Crippen molar-refractivity contribution in [2.75, 3.05) is 28.0 Å². The first-order chi connectivity index (χ1) is 14.4. The Kier molecular flexibility index (Phi) is 6.65. The summed E-state index contributed by atoms with van der Waals surface area (Å²) in [5, 5.41) is 2.90. The molecule has 1 fully saturated rings. The van der Waals surface area contributed by atoms with Crippen LogP contribution < -0.4 is 14.9 Å². The Morgan fingerprint density at radius 2 is 1.42 bits per heavy atom. The smallest absolute Gasteiger partial charge is 0.255 e. The molecule has 2 atom stereocenters. The van der Waals surface area contributed by atoms with Gasteiger partial charge in [-0.2, -0.15) is 0 Å². The molecule has 2 unspecified atom stereocenters. The fourth-order valence-electron chi connectivity index (χ4n) is 3.83. The van der Waals surface area contributed by atoms with Crippen molar-refractivity contribution in [1.82, 2.24) is 0 Å². The van der Waals surface area contributed by atoms with Crippen molar-refractivity contribution in [2.24, 2.45) is 11.8 Å². The van der Waals surface area contributed by atoms with E-state index in [0.29, 0.717) is 23.1 Å². The van der Waals surface area contributed by atoms with Gasteiger partial charge < -0.3 is 10.2 Å². The molecule has 0 radical (unpaired) electrons. The summed E-state index contributed by atoms with van der Waals surface area (Å²) in [6, 6.07) is 14.4. The van der Waals surface area contributed by atoms with Gasteiger partial charge in [0.05, 0.1) is 4.75 Å². The van der Waals surface area contributed by atoms with E-state index in [1.54, 1.807) is 45.0 Å². The Hall–Kier alpha value is -2.54. The molecule has 0 bridgehead atoms. The lowest BCUT2D eigenvalue weighted by atomic mass is 9.91. The third-order valence-corrected chi connectivity index (χ3v) is 7.68. The highest BCUT2D eigenvalue weighted by molar-refractivity contribution is 7.94. The van der Waals surface area contributed by atoms with E-state index in [-0.39, 0.29) is 5.91 Å². The van der Waals surface area contributed by atoms with E-state index in [1.165, 1.54) is 12.1 Å². The van der Waals surface area contributed by atoms with E-state index in [4.69, 9.17) is 0 Å². The molecule has 2 aromatic rings. The maximum Gasteiger partial charge on any atom is 0.255 e. The van der Waals surface area contributed by atoms with Crippen LogP contribution in [0.3, 0.4) is 0 Å². The van der Waals surface area contributed by atoms with E-state index < -0.39 is 14.8 Å². The third-order valence-electron chi connectivity index (χ3n) is 5.56. The molecule has 0 saturated carbocycles. The van der Waals surface area contributed by atoms with Gasteiger partial charge in [0.15, 0.2) is 0 Å². The van der Waals surface area contributed by atoms with Crippen LogP contribution in [0.5, 0.6) is 0 Å². The molecule has 1 heterocycles. The minimum atomic E-state index is -3.51. The number of carbonyl (C=O) groups is 1. The first-order valence-electron chi connectivity index (χ1n) is 10.7. The van der Waals surface area contributed by atoms with Crippen LogP contribution in [0, 0.1) is 11.8 Å². The summed E-state index contributed by atoms with van der Waals surface area (Å²) < 4.78 is 26.2. The second-order valence-electron chi connectivity index (χ2n) is 9.65. The number of hydrogen-bond acceptors (Lipinski definition) is 4. The highest BCUT2D eigenvalue weighted by Crippen LogP contribution is 2.27. The van der Waals surface area contributed by atoms with Crippen LogP contribution >= 0.6 is 0 Å². The third kappa shape index (κ3) is 5.79. The highest BCUT2D eigenvalue weighted by atomic mass is 32.2. The molecule has 3 rings (SSSR count). The van der Waals surface area contributed by atoms with Gasteiger partial charge in [0.25, 0.3) is 5.91 Å². The lowest BCUT2D eigenvalue weighted by Crippen LogP contribution is -2.38. The molecule has 0 spiro atoms. The van der Waals surface area contributed by atoms with Crippen molar-refractivity contribution >= 4 is 33.0 Å². The highest BCUT2D eigenvalue weighted by Gasteiger charge is 2.28. The van der Waals surface area contributed by atoms with E-state index in [1.807, 2.05) is 24.3 Å². The Labute approximate surface area is 186 Å². The van der Waals surface area contributed by atoms with Crippen LogP contribution in [0.1, 0.15) is 51.4 Å². The Balaban J connectivity index is 1.62. The zero-order chi connectivity index (χ0) is 22.8. The van der Waals surface area contributed by atoms with Crippen LogP contribution in [-0.2, 0) is 10.0 Å². The van der Waals surface area contributed by atoms with Gasteiger partial charge in [-0.15, -0.1) is 0 Å². The lowest BCUT2D eigenvalue weighted by Gasteiger charge is -2.36. The molecular weight excluding hydrogens is 410 g/mol. The van der Waals surface area contributed by atoms with Crippen molar-refractivity contribution in [3.8, 4) is 0 Å². The first-order valence-corrected chi connectivity index (χ1v) is 12.2. The molecule has 168 valence electrons. The number of amides is 1. The van der Waals surface area contributed by atoms with Crippen molar-refractivity contribution in [2.45, 2.75) is 45.8 Å². The number of sulfonamides is 1. The molecule has 2 N–H and O–H groups in total. The summed E-state index contributed by atoms with van der Waals surface area (Å²) >= 11 is 0. The fourth-order valence-corrected chi connectivity index (χ4v) is 4.58. The monoisotopic (exact) mass is 443 g/mol. The van der Waals surface area contributed by atoms with Crippen LogP contribution in [0.15, 0.2) is 48.5 Å². The Morgan fingerprint density at radius 3 is 1.94 bits per heavy atom. The average Bonchev–Trinajstić information content (AvgIpc) is 2.67. The molecule has 2 aromatic carbocycles. The maximum atomic E-state index is 12.6. The molecule has 0 aromatic heterocycles. The second-order valence-corrected chi connectivity index (χ2v) is 12.1. The molecule has 0 aliphatic carbocycles. The summed E-state index contributed by atoms with van der Waals surface area (Å²) in [5.41, 5.74) is 2.79. The van der Waals surface area contributed by atoms with E-state index in [2.05, 4.69) is 28.8 Å². The van der Waals surface area contributed by atoms with Gasteiger partial charge in [0.2, 0.25) is 10.0 Å². The Bertz CT molecular complexity index is 1000. The zero-order valence-corrected chi connectivity index (χ0v) is 19.8. The van der Waals surface area contributed by atoms with Gasteiger partial charge in [0, 0.05) is 35.7 Å². The van der Waals surface area contributed by atoms with Crippen LogP contribution in [0.25, 0.3) is 0 Å². The number of benzene rings is 2. The van der Waals surface area contributed by atoms with Gasteiger partial charge in [-0.1, -0.05) is 13.8 Å². The molecule has 6 nitrogen and oxygen atoms in total. The van der Waals surface area contributed by atoms with Gasteiger partial charge >= 0.3 is 0 Å². The van der Waals surface area contributed by atoms with Gasteiger partial charge in [-0.05, 0) is 87.6 Å². The number of anilines is 3. The van der Waals surface area contributed by atoms with Crippen LogP contribution in [-0.4, -0.2) is 32.2 Å². The fraction of sp³-hybridized carbons (Fsp3) is 0.458. The lowest BCUT2D eigenvalue weighted by molar-refractivity contribution is 0.102. The number of carbonyl (C=O) groups excluding carboxylic acids is 1. The van der Waals surface area contributed by atoms with Crippen LogP contribution in [0.2, 0.25) is 0 Å². The summed E-state index contributed by atoms with van der Waals surface area (Å²) in [6.07, 6.45) is 1.26. The van der Waals surface area contributed by atoms with E-state index in [0.717, 1.165) is 18.8 Å². The molecule has 1 saturated heterocycles. The quantitative estimate of drug-likeness (QED) is 0.684. The van der Waals surface area contributed by atoms with Crippen molar-refractivity contribution in [1.29, 1.82) is 0 Å².